The average Bonchev–Trinajstić information content (AvgIpc) is 2.81. The molecule has 1 aromatic carbocycles. The molecular weight excluding hydrogens is 275 g/mol. The summed E-state index contributed by atoms with van der Waals surface area (Å²) in [4.78, 5) is 14.2. The Bertz CT molecular complexity index is 622. The average molecular weight is 290 g/mol. The molecule has 3 nitrogen and oxygen atoms in total. The molecule has 5 heteroatoms. The highest BCUT2D eigenvalue weighted by Crippen LogP contribution is 2.30. The van der Waals surface area contributed by atoms with Crippen LogP contribution < -0.4 is 11.1 Å². The number of carbonyl (C=O) groups is 1. The van der Waals surface area contributed by atoms with Crippen molar-refractivity contribution in [3.8, 4) is 0 Å². The molecule has 0 atom stereocenters. The predicted octanol–water partition coefficient (Wildman–Crippen LogP) is 3.60. The lowest BCUT2D eigenvalue weighted by Crippen LogP contribution is -2.10. The van der Waals surface area contributed by atoms with Crippen LogP contribution in [0.2, 0.25) is 0 Å². The number of hydrogen-bond donors (Lipinski definition) is 2. The first-order valence-corrected chi connectivity index (χ1v) is 7.42. The van der Waals surface area contributed by atoms with Crippen LogP contribution in [-0.4, -0.2) is 5.91 Å². The van der Waals surface area contributed by atoms with Gasteiger partial charge in [0.25, 0.3) is 5.91 Å². The molecule has 1 aromatic heterocycles. The third-order valence-corrected chi connectivity index (χ3v) is 4.63. The van der Waals surface area contributed by atoms with Crippen molar-refractivity contribution in [2.24, 2.45) is 0 Å². The molecule has 0 saturated heterocycles. The van der Waals surface area contributed by atoms with E-state index in [1.807, 2.05) is 6.07 Å². The van der Waals surface area contributed by atoms with Crippen LogP contribution in [0.3, 0.4) is 0 Å². The van der Waals surface area contributed by atoms with E-state index in [-0.39, 0.29) is 5.91 Å². The van der Waals surface area contributed by atoms with Crippen LogP contribution in [0.1, 0.15) is 33.0 Å². The van der Waals surface area contributed by atoms with Crippen LogP contribution in [0.15, 0.2) is 24.3 Å². The molecule has 0 saturated carbocycles. The number of nitrogens with two attached hydrogens (primary N) is 1. The maximum Gasteiger partial charge on any atom is 0.265 e. The topological polar surface area (TPSA) is 55.1 Å². The van der Waals surface area contributed by atoms with Crippen molar-refractivity contribution >= 4 is 28.6 Å². The zero-order chi connectivity index (χ0) is 14.1. The van der Waals surface area contributed by atoms with Gasteiger partial charge in [0.2, 0.25) is 0 Å². The monoisotopic (exact) mass is 290 g/mol. The Morgan fingerprint density at radius 1 is 1.20 bits per heavy atom. The summed E-state index contributed by atoms with van der Waals surface area (Å²) in [7, 11) is 0. The van der Waals surface area contributed by atoms with Gasteiger partial charge in [-0.05, 0) is 55.5 Å². The first-order chi connectivity index (χ1) is 9.61. The van der Waals surface area contributed by atoms with Crippen molar-refractivity contribution in [1.29, 1.82) is 0 Å². The number of benzene rings is 1. The van der Waals surface area contributed by atoms with Gasteiger partial charge in [-0.15, -0.1) is 11.3 Å². The van der Waals surface area contributed by atoms with Crippen molar-refractivity contribution in [2.75, 3.05) is 11.1 Å². The number of fused-ring (bicyclic) bond motifs is 1. The largest absolute Gasteiger partial charge is 0.399 e. The number of hydrogen-bond acceptors (Lipinski definition) is 3. The molecule has 104 valence electrons. The molecule has 1 aliphatic rings. The normalized spacial score (nSPS) is 13.8. The molecule has 1 heterocycles. The highest BCUT2D eigenvalue weighted by molar-refractivity contribution is 7.14. The molecule has 2 aromatic rings. The maximum absolute atomic E-state index is 13.2. The van der Waals surface area contributed by atoms with Gasteiger partial charge in [0.1, 0.15) is 5.82 Å². The summed E-state index contributed by atoms with van der Waals surface area (Å²) in [6, 6.07) is 5.99. The SMILES string of the molecule is Nc1cc(F)cc(NC(=O)c2cc3c(s2)CCCC3)c1. The summed E-state index contributed by atoms with van der Waals surface area (Å²) in [5.41, 5.74) is 7.53. The summed E-state index contributed by atoms with van der Waals surface area (Å²) < 4.78 is 13.2. The first-order valence-electron chi connectivity index (χ1n) is 6.61. The lowest BCUT2D eigenvalue weighted by atomic mass is 9.99. The van der Waals surface area contributed by atoms with E-state index in [1.165, 1.54) is 46.8 Å². The number of carbonyl (C=O) groups excluding carboxylic acids is 1. The van der Waals surface area contributed by atoms with Gasteiger partial charge in [0, 0.05) is 16.3 Å². The van der Waals surface area contributed by atoms with Crippen LogP contribution in [0, 0.1) is 5.82 Å². The molecule has 20 heavy (non-hydrogen) atoms. The summed E-state index contributed by atoms with van der Waals surface area (Å²) in [6.07, 6.45) is 4.48. The molecule has 3 rings (SSSR count). The van der Waals surface area contributed by atoms with Crippen molar-refractivity contribution in [3.05, 3.63) is 45.4 Å². The molecule has 0 bridgehead atoms. The highest BCUT2D eigenvalue weighted by atomic mass is 32.1. The van der Waals surface area contributed by atoms with Crippen molar-refractivity contribution in [2.45, 2.75) is 25.7 Å². The van der Waals surface area contributed by atoms with E-state index in [1.54, 1.807) is 6.07 Å². The van der Waals surface area contributed by atoms with E-state index >= 15 is 0 Å². The lowest BCUT2D eigenvalue weighted by molar-refractivity contribution is 0.103. The van der Waals surface area contributed by atoms with E-state index in [4.69, 9.17) is 5.73 Å². The Morgan fingerprint density at radius 3 is 2.75 bits per heavy atom. The molecule has 0 radical (unpaired) electrons. The summed E-state index contributed by atoms with van der Waals surface area (Å²) in [5, 5.41) is 2.70. The van der Waals surface area contributed by atoms with Crippen molar-refractivity contribution < 1.29 is 9.18 Å². The number of halogens is 1. The van der Waals surface area contributed by atoms with Gasteiger partial charge in [-0.25, -0.2) is 4.39 Å². The van der Waals surface area contributed by atoms with Gasteiger partial charge >= 0.3 is 0 Å². The Kier molecular flexibility index (Phi) is 3.44. The summed E-state index contributed by atoms with van der Waals surface area (Å²) >= 11 is 1.53. The second kappa shape index (κ2) is 5.25. The third kappa shape index (κ3) is 2.67. The lowest BCUT2D eigenvalue weighted by Gasteiger charge is -2.08. The van der Waals surface area contributed by atoms with Crippen LogP contribution in [0.4, 0.5) is 15.8 Å². The molecule has 1 amide bonds. The molecular formula is C15H15FN2OS. The highest BCUT2D eigenvalue weighted by Gasteiger charge is 2.17. The fraction of sp³-hybridized carbons (Fsp3) is 0.267. The minimum atomic E-state index is -0.453. The summed E-state index contributed by atoms with van der Waals surface area (Å²) in [6.45, 7) is 0. The Labute approximate surface area is 120 Å². The second-order valence-electron chi connectivity index (χ2n) is 4.99. The third-order valence-electron chi connectivity index (χ3n) is 3.40. The fourth-order valence-corrected chi connectivity index (χ4v) is 3.63. The van der Waals surface area contributed by atoms with Crippen molar-refractivity contribution in [1.82, 2.24) is 0 Å². The number of anilines is 2. The van der Waals surface area contributed by atoms with Crippen LogP contribution in [0.5, 0.6) is 0 Å². The van der Waals surface area contributed by atoms with Gasteiger partial charge in [-0.1, -0.05) is 0 Å². The first kappa shape index (κ1) is 13.1. The minimum Gasteiger partial charge on any atom is -0.399 e. The molecule has 3 N–H and O–H groups in total. The van der Waals surface area contributed by atoms with Crippen LogP contribution >= 0.6 is 11.3 Å². The Morgan fingerprint density at radius 2 is 2.00 bits per heavy atom. The zero-order valence-corrected chi connectivity index (χ0v) is 11.7. The quantitative estimate of drug-likeness (QED) is 0.830. The minimum absolute atomic E-state index is 0.200. The molecule has 0 fully saturated rings. The number of thiophene rings is 1. The second-order valence-corrected chi connectivity index (χ2v) is 6.13. The number of amides is 1. The van der Waals surface area contributed by atoms with Crippen LogP contribution in [0.25, 0.3) is 0 Å². The Balaban J connectivity index is 1.80. The standard InChI is InChI=1S/C15H15FN2OS/c16-10-6-11(17)8-12(7-10)18-15(19)14-5-9-3-1-2-4-13(9)20-14/h5-8H,1-4,17H2,(H,18,19). The van der Waals surface area contributed by atoms with E-state index < -0.39 is 5.82 Å². The molecule has 0 unspecified atom stereocenters. The van der Waals surface area contributed by atoms with Gasteiger partial charge in [-0.2, -0.15) is 0 Å². The predicted molar refractivity (Wildman–Crippen MR) is 79.7 cm³/mol. The molecule has 0 spiro atoms. The van der Waals surface area contributed by atoms with E-state index in [9.17, 15) is 9.18 Å². The van der Waals surface area contributed by atoms with Crippen molar-refractivity contribution in [3.63, 3.8) is 0 Å². The Hall–Kier alpha value is -1.88. The van der Waals surface area contributed by atoms with E-state index in [0.717, 1.165) is 12.8 Å². The smallest absolute Gasteiger partial charge is 0.265 e. The number of nitrogens with one attached hydrogen (secondary N) is 1. The number of aryl methyl sites for hydroxylation is 2. The number of rotatable bonds is 2. The maximum atomic E-state index is 13.2. The van der Waals surface area contributed by atoms with Crippen LogP contribution in [-0.2, 0) is 12.8 Å². The van der Waals surface area contributed by atoms with Gasteiger partial charge < -0.3 is 11.1 Å². The molecule has 1 aliphatic carbocycles. The van der Waals surface area contributed by atoms with Gasteiger partial charge in [0.05, 0.1) is 4.88 Å². The fourth-order valence-electron chi connectivity index (χ4n) is 2.48. The number of nitrogen functional groups attached to an aromatic ring is 1. The van der Waals surface area contributed by atoms with E-state index in [0.29, 0.717) is 16.3 Å². The zero-order valence-electron chi connectivity index (χ0n) is 10.9. The van der Waals surface area contributed by atoms with Gasteiger partial charge in [0.15, 0.2) is 0 Å². The van der Waals surface area contributed by atoms with Gasteiger partial charge in [-0.3, -0.25) is 4.79 Å². The van der Waals surface area contributed by atoms with E-state index in [2.05, 4.69) is 5.32 Å². The molecule has 0 aliphatic heterocycles. The summed E-state index contributed by atoms with van der Waals surface area (Å²) in [5.74, 6) is -0.653.